The summed E-state index contributed by atoms with van der Waals surface area (Å²) in [6.07, 6.45) is 2.16. The fourth-order valence-electron chi connectivity index (χ4n) is 2.06. The first kappa shape index (κ1) is 15.3. The lowest BCUT2D eigenvalue weighted by Crippen LogP contribution is -2.30. The molecule has 7 heteroatoms. The van der Waals surface area contributed by atoms with E-state index in [0.29, 0.717) is 28.6 Å². The Hall–Kier alpha value is -2.08. The molecule has 0 bridgehead atoms. The van der Waals surface area contributed by atoms with E-state index in [1.54, 1.807) is 29.9 Å². The van der Waals surface area contributed by atoms with Gasteiger partial charge in [-0.1, -0.05) is 18.5 Å². The second-order valence-corrected chi connectivity index (χ2v) is 4.96. The molecule has 0 aliphatic carbocycles. The van der Waals surface area contributed by atoms with Crippen molar-refractivity contribution in [3.8, 4) is 5.75 Å². The quantitative estimate of drug-likeness (QED) is 0.920. The number of methoxy groups -OCH3 is 1. The van der Waals surface area contributed by atoms with Crippen LogP contribution in [0.4, 0.5) is 0 Å². The molecule has 1 aromatic carbocycles. The highest BCUT2D eigenvalue weighted by Gasteiger charge is 2.20. The molecule has 1 atom stereocenters. The molecule has 1 N–H and O–H groups in total. The third-order valence-corrected chi connectivity index (χ3v) is 3.41. The van der Waals surface area contributed by atoms with Gasteiger partial charge in [0.2, 0.25) is 0 Å². The smallest absolute Gasteiger partial charge is 0.255 e. The fraction of sp³-hybridized carbons (Fsp3) is 0.357. The summed E-state index contributed by atoms with van der Waals surface area (Å²) >= 11 is 5.95. The van der Waals surface area contributed by atoms with Crippen LogP contribution >= 0.6 is 11.6 Å². The van der Waals surface area contributed by atoms with Crippen molar-refractivity contribution in [1.82, 2.24) is 20.1 Å². The topological polar surface area (TPSA) is 69.0 Å². The average molecular weight is 309 g/mol. The van der Waals surface area contributed by atoms with Crippen molar-refractivity contribution >= 4 is 17.5 Å². The van der Waals surface area contributed by atoms with Gasteiger partial charge in [0.05, 0.1) is 18.7 Å². The number of carbonyl (C=O) groups excluding carboxylic acids is 1. The molecule has 1 amide bonds. The molecule has 1 aromatic heterocycles. The maximum absolute atomic E-state index is 12.4. The predicted octanol–water partition coefficient (Wildman–Crippen LogP) is 2.36. The van der Waals surface area contributed by atoms with Gasteiger partial charge in [0, 0.05) is 12.1 Å². The molecule has 21 heavy (non-hydrogen) atoms. The lowest BCUT2D eigenvalue weighted by Gasteiger charge is -2.17. The average Bonchev–Trinajstić information content (AvgIpc) is 2.90. The summed E-state index contributed by atoms with van der Waals surface area (Å²) in [4.78, 5) is 16.6. The van der Waals surface area contributed by atoms with Crippen LogP contribution in [0, 0.1) is 0 Å². The van der Waals surface area contributed by atoms with Crippen molar-refractivity contribution in [2.24, 2.45) is 7.05 Å². The third-order valence-electron chi connectivity index (χ3n) is 3.18. The molecule has 2 rings (SSSR count). The van der Waals surface area contributed by atoms with Crippen molar-refractivity contribution in [3.63, 3.8) is 0 Å². The molecule has 6 nitrogen and oxygen atoms in total. The maximum Gasteiger partial charge on any atom is 0.255 e. The summed E-state index contributed by atoms with van der Waals surface area (Å²) in [6, 6.07) is 4.70. The molecule has 0 aliphatic heterocycles. The first-order valence-electron chi connectivity index (χ1n) is 6.55. The third kappa shape index (κ3) is 3.33. The highest BCUT2D eigenvalue weighted by molar-refractivity contribution is 6.31. The van der Waals surface area contributed by atoms with Crippen molar-refractivity contribution in [1.29, 1.82) is 0 Å². The fourth-order valence-corrected chi connectivity index (χ4v) is 2.24. The minimum absolute atomic E-state index is 0.228. The van der Waals surface area contributed by atoms with E-state index in [9.17, 15) is 4.79 Å². The Bertz CT molecular complexity index is 642. The summed E-state index contributed by atoms with van der Waals surface area (Å²) in [5.74, 6) is 0.917. The van der Waals surface area contributed by atoms with Gasteiger partial charge >= 0.3 is 0 Å². The first-order chi connectivity index (χ1) is 10.1. The van der Waals surface area contributed by atoms with Gasteiger partial charge in [-0.2, -0.15) is 5.10 Å². The Morgan fingerprint density at radius 3 is 2.86 bits per heavy atom. The van der Waals surface area contributed by atoms with Crippen molar-refractivity contribution in [2.75, 3.05) is 7.11 Å². The number of carbonyl (C=O) groups is 1. The number of aromatic nitrogens is 3. The lowest BCUT2D eigenvalue weighted by molar-refractivity contribution is 0.0930. The molecule has 1 heterocycles. The zero-order valence-corrected chi connectivity index (χ0v) is 12.9. The largest absolute Gasteiger partial charge is 0.496 e. The predicted molar refractivity (Wildman–Crippen MR) is 79.5 cm³/mol. The van der Waals surface area contributed by atoms with Gasteiger partial charge in [0.1, 0.15) is 17.9 Å². The molecular weight excluding hydrogens is 292 g/mol. The number of hydrogen-bond donors (Lipinski definition) is 1. The van der Waals surface area contributed by atoms with Gasteiger partial charge in [-0.15, -0.1) is 0 Å². The number of hydrogen-bond acceptors (Lipinski definition) is 4. The Morgan fingerprint density at radius 1 is 1.52 bits per heavy atom. The van der Waals surface area contributed by atoms with E-state index < -0.39 is 0 Å². The normalized spacial score (nSPS) is 12.0. The second kappa shape index (κ2) is 6.58. The van der Waals surface area contributed by atoms with Crippen LogP contribution in [0.5, 0.6) is 5.75 Å². The first-order valence-corrected chi connectivity index (χ1v) is 6.93. The second-order valence-electron chi connectivity index (χ2n) is 4.52. The molecule has 0 radical (unpaired) electrons. The van der Waals surface area contributed by atoms with Gasteiger partial charge in [-0.25, -0.2) is 4.98 Å². The number of nitrogens with one attached hydrogen (secondary N) is 1. The SMILES string of the molecule is CC[C@H](NC(=O)c1cc(Cl)ccc1OC)c1ncnn1C. The molecular formula is C14H17ClN4O2. The summed E-state index contributed by atoms with van der Waals surface area (Å²) in [6.45, 7) is 1.97. The Kier molecular flexibility index (Phi) is 4.80. The molecule has 0 spiro atoms. The Labute approximate surface area is 128 Å². The molecule has 0 unspecified atom stereocenters. The number of nitrogens with zero attached hydrogens (tertiary/aromatic N) is 3. The molecule has 0 saturated heterocycles. The minimum Gasteiger partial charge on any atom is -0.496 e. The van der Waals surface area contributed by atoms with E-state index in [1.807, 2.05) is 6.92 Å². The zero-order valence-electron chi connectivity index (χ0n) is 12.1. The van der Waals surface area contributed by atoms with Crippen LogP contribution in [0.15, 0.2) is 24.5 Å². The van der Waals surface area contributed by atoms with E-state index >= 15 is 0 Å². The van der Waals surface area contributed by atoms with Gasteiger partial charge < -0.3 is 10.1 Å². The molecule has 2 aromatic rings. The summed E-state index contributed by atoms with van der Waals surface area (Å²) in [7, 11) is 3.30. The molecule has 0 aliphatic rings. The standard InChI is InChI=1S/C14H17ClN4O2/c1-4-11(13-16-8-17-19(13)2)18-14(20)10-7-9(15)5-6-12(10)21-3/h5-8,11H,4H2,1-3H3,(H,18,20)/t11-/m0/s1. The number of rotatable bonds is 5. The van der Waals surface area contributed by atoms with E-state index in [2.05, 4.69) is 15.4 Å². The van der Waals surface area contributed by atoms with Crippen LogP contribution in [-0.2, 0) is 7.05 Å². The zero-order chi connectivity index (χ0) is 15.4. The number of ether oxygens (including phenoxy) is 1. The van der Waals surface area contributed by atoms with Gasteiger partial charge in [0.15, 0.2) is 0 Å². The van der Waals surface area contributed by atoms with Crippen LogP contribution < -0.4 is 10.1 Å². The van der Waals surface area contributed by atoms with E-state index in [-0.39, 0.29) is 11.9 Å². The summed E-state index contributed by atoms with van der Waals surface area (Å²) < 4.78 is 6.84. The van der Waals surface area contributed by atoms with Crippen LogP contribution in [0.25, 0.3) is 0 Å². The maximum atomic E-state index is 12.4. The molecule has 0 saturated carbocycles. The minimum atomic E-state index is -0.260. The number of aryl methyl sites for hydroxylation is 1. The molecule has 112 valence electrons. The summed E-state index contributed by atoms with van der Waals surface area (Å²) in [5.41, 5.74) is 0.394. The van der Waals surface area contributed by atoms with Crippen LogP contribution in [0.2, 0.25) is 5.02 Å². The van der Waals surface area contributed by atoms with E-state index in [4.69, 9.17) is 16.3 Å². The van der Waals surface area contributed by atoms with Gasteiger partial charge in [0.25, 0.3) is 5.91 Å². The van der Waals surface area contributed by atoms with E-state index in [0.717, 1.165) is 0 Å². The van der Waals surface area contributed by atoms with E-state index in [1.165, 1.54) is 13.4 Å². The highest BCUT2D eigenvalue weighted by atomic mass is 35.5. The Morgan fingerprint density at radius 2 is 2.29 bits per heavy atom. The van der Waals surface area contributed by atoms with Gasteiger partial charge in [-0.3, -0.25) is 9.48 Å². The number of amides is 1. The lowest BCUT2D eigenvalue weighted by atomic mass is 10.1. The van der Waals surface area contributed by atoms with Gasteiger partial charge in [-0.05, 0) is 24.6 Å². The monoisotopic (exact) mass is 308 g/mol. The van der Waals surface area contributed by atoms with Crippen molar-refractivity contribution < 1.29 is 9.53 Å². The molecule has 0 fully saturated rings. The van der Waals surface area contributed by atoms with Crippen molar-refractivity contribution in [3.05, 3.63) is 40.9 Å². The number of benzene rings is 1. The number of halogens is 1. The highest BCUT2D eigenvalue weighted by Crippen LogP contribution is 2.23. The van der Waals surface area contributed by atoms with Crippen LogP contribution in [0.3, 0.4) is 0 Å². The van der Waals surface area contributed by atoms with Crippen LogP contribution in [-0.4, -0.2) is 27.8 Å². The van der Waals surface area contributed by atoms with Crippen molar-refractivity contribution in [2.45, 2.75) is 19.4 Å². The Balaban J connectivity index is 2.24. The summed E-state index contributed by atoms with van der Waals surface area (Å²) in [5, 5.41) is 7.43. The van der Waals surface area contributed by atoms with Crippen LogP contribution in [0.1, 0.15) is 35.6 Å².